The van der Waals surface area contributed by atoms with Crippen LogP contribution in [0.25, 0.3) is 22.4 Å². The largest absolute Gasteiger partial charge is 0.480 e. The van der Waals surface area contributed by atoms with Crippen molar-refractivity contribution in [3.05, 3.63) is 65.7 Å². The molecule has 0 aliphatic carbocycles. The van der Waals surface area contributed by atoms with Crippen LogP contribution < -0.4 is 4.74 Å². The standard InChI is InChI=1S/C22H18F2N2O3S/c1-3-30(27,28)18-10-8-14(9-11-18)19-12-17(13-25)22(29-2)26-20(19)15-4-6-16(7-5-15)21(23)24/h4-12,21H,3H2,1-2H3. The molecule has 0 saturated heterocycles. The van der Waals surface area contributed by atoms with Gasteiger partial charge in [0.15, 0.2) is 9.84 Å². The summed E-state index contributed by atoms with van der Waals surface area (Å²) in [6.07, 6.45) is -2.59. The van der Waals surface area contributed by atoms with E-state index < -0.39 is 16.3 Å². The van der Waals surface area contributed by atoms with E-state index in [9.17, 15) is 22.5 Å². The highest BCUT2D eigenvalue weighted by Crippen LogP contribution is 2.35. The average Bonchev–Trinajstić information content (AvgIpc) is 2.78. The number of ether oxygens (including phenoxy) is 1. The number of halogens is 2. The van der Waals surface area contributed by atoms with Crippen LogP contribution >= 0.6 is 0 Å². The van der Waals surface area contributed by atoms with Crippen LogP contribution in [-0.2, 0) is 9.84 Å². The lowest BCUT2D eigenvalue weighted by molar-refractivity contribution is 0.151. The summed E-state index contributed by atoms with van der Waals surface area (Å²) in [6, 6.07) is 15.5. The highest BCUT2D eigenvalue weighted by molar-refractivity contribution is 7.91. The Balaban J connectivity index is 2.19. The van der Waals surface area contributed by atoms with Crippen LogP contribution in [0.1, 0.15) is 24.5 Å². The molecule has 0 aliphatic heterocycles. The number of pyridine rings is 1. The molecular weight excluding hydrogens is 410 g/mol. The van der Waals surface area contributed by atoms with E-state index >= 15 is 0 Å². The molecular formula is C22H18F2N2O3S. The smallest absolute Gasteiger partial charge is 0.263 e. The first-order valence-electron chi connectivity index (χ1n) is 9.01. The topological polar surface area (TPSA) is 80.0 Å². The Bertz CT molecular complexity index is 1200. The number of alkyl halides is 2. The molecule has 0 fully saturated rings. The van der Waals surface area contributed by atoms with Crippen LogP contribution in [0.2, 0.25) is 0 Å². The predicted molar refractivity (Wildman–Crippen MR) is 109 cm³/mol. The number of sulfone groups is 1. The maximum atomic E-state index is 12.9. The molecule has 0 N–H and O–H groups in total. The monoisotopic (exact) mass is 428 g/mol. The predicted octanol–water partition coefficient (Wildman–Crippen LogP) is 5.03. The van der Waals surface area contributed by atoms with Gasteiger partial charge in [-0.2, -0.15) is 5.26 Å². The van der Waals surface area contributed by atoms with Crippen molar-refractivity contribution in [2.75, 3.05) is 12.9 Å². The fourth-order valence-electron chi connectivity index (χ4n) is 2.97. The van der Waals surface area contributed by atoms with Crippen molar-refractivity contribution in [3.8, 4) is 34.3 Å². The summed E-state index contributed by atoms with van der Waals surface area (Å²) in [5.74, 6) is 0.0934. The Morgan fingerprint density at radius 3 is 2.17 bits per heavy atom. The van der Waals surface area contributed by atoms with Gasteiger partial charge in [-0.15, -0.1) is 0 Å². The summed E-state index contributed by atoms with van der Waals surface area (Å²) in [7, 11) is -1.97. The van der Waals surface area contributed by atoms with Gasteiger partial charge in [0.1, 0.15) is 11.6 Å². The third kappa shape index (κ3) is 4.16. The maximum absolute atomic E-state index is 12.9. The quantitative estimate of drug-likeness (QED) is 0.550. The second-order valence-electron chi connectivity index (χ2n) is 6.40. The Hall–Kier alpha value is -3.31. The molecule has 0 saturated carbocycles. The van der Waals surface area contributed by atoms with E-state index in [0.717, 1.165) is 0 Å². The van der Waals surface area contributed by atoms with Crippen LogP contribution in [0.3, 0.4) is 0 Å². The summed E-state index contributed by atoms with van der Waals surface area (Å²) in [4.78, 5) is 4.61. The van der Waals surface area contributed by atoms with Crippen LogP contribution in [0.15, 0.2) is 59.5 Å². The lowest BCUT2D eigenvalue weighted by Crippen LogP contribution is -2.03. The molecule has 154 valence electrons. The fourth-order valence-corrected chi connectivity index (χ4v) is 3.85. The summed E-state index contributed by atoms with van der Waals surface area (Å²) in [6.45, 7) is 1.57. The molecule has 1 heterocycles. The van der Waals surface area contributed by atoms with Crippen molar-refractivity contribution < 1.29 is 21.9 Å². The van der Waals surface area contributed by atoms with E-state index in [4.69, 9.17) is 4.74 Å². The van der Waals surface area contributed by atoms with Gasteiger partial charge in [0.25, 0.3) is 6.43 Å². The van der Waals surface area contributed by atoms with Crippen molar-refractivity contribution in [2.45, 2.75) is 18.2 Å². The Morgan fingerprint density at radius 2 is 1.67 bits per heavy atom. The molecule has 0 spiro atoms. The van der Waals surface area contributed by atoms with Crippen LogP contribution in [0.5, 0.6) is 5.88 Å². The summed E-state index contributed by atoms with van der Waals surface area (Å²) in [5.41, 5.74) is 2.25. The zero-order chi connectivity index (χ0) is 21.9. The lowest BCUT2D eigenvalue weighted by Gasteiger charge is -2.13. The Labute approximate surface area is 173 Å². The highest BCUT2D eigenvalue weighted by atomic mass is 32.2. The van der Waals surface area contributed by atoms with Gasteiger partial charge in [-0.3, -0.25) is 0 Å². The summed E-state index contributed by atoms with van der Waals surface area (Å²) in [5, 5.41) is 9.43. The number of rotatable bonds is 6. The first-order chi connectivity index (χ1) is 14.3. The normalized spacial score (nSPS) is 11.3. The van der Waals surface area contributed by atoms with E-state index in [0.29, 0.717) is 22.4 Å². The van der Waals surface area contributed by atoms with Crippen molar-refractivity contribution >= 4 is 9.84 Å². The van der Waals surface area contributed by atoms with Crippen LogP contribution in [0, 0.1) is 11.3 Å². The van der Waals surface area contributed by atoms with E-state index in [2.05, 4.69) is 4.98 Å². The number of methoxy groups -OCH3 is 1. The van der Waals surface area contributed by atoms with E-state index in [1.54, 1.807) is 25.1 Å². The first-order valence-corrected chi connectivity index (χ1v) is 10.7. The summed E-state index contributed by atoms with van der Waals surface area (Å²) >= 11 is 0. The number of nitrogens with zero attached hydrogens (tertiary/aromatic N) is 2. The van der Waals surface area contributed by atoms with E-state index in [1.165, 1.54) is 43.5 Å². The average molecular weight is 428 g/mol. The number of hydrogen-bond donors (Lipinski definition) is 0. The zero-order valence-corrected chi connectivity index (χ0v) is 17.1. The van der Waals surface area contributed by atoms with Gasteiger partial charge in [0.2, 0.25) is 5.88 Å². The minimum atomic E-state index is -3.35. The van der Waals surface area contributed by atoms with Crippen molar-refractivity contribution in [1.82, 2.24) is 4.98 Å². The molecule has 0 unspecified atom stereocenters. The number of hydrogen-bond acceptors (Lipinski definition) is 5. The molecule has 0 amide bonds. The number of nitriles is 1. The minimum Gasteiger partial charge on any atom is -0.480 e. The molecule has 0 aliphatic rings. The van der Waals surface area contributed by atoms with Crippen molar-refractivity contribution in [2.24, 2.45) is 0 Å². The van der Waals surface area contributed by atoms with Gasteiger partial charge >= 0.3 is 0 Å². The van der Waals surface area contributed by atoms with Gasteiger partial charge in [-0.1, -0.05) is 43.3 Å². The second-order valence-corrected chi connectivity index (χ2v) is 8.68. The van der Waals surface area contributed by atoms with E-state index in [1.807, 2.05) is 6.07 Å². The van der Waals surface area contributed by atoms with Gasteiger partial charge in [0.05, 0.1) is 23.5 Å². The molecule has 2 aromatic carbocycles. The third-order valence-corrected chi connectivity index (χ3v) is 6.39. The van der Waals surface area contributed by atoms with Crippen molar-refractivity contribution in [1.29, 1.82) is 5.26 Å². The molecule has 3 rings (SSSR count). The SMILES string of the molecule is CCS(=O)(=O)c1ccc(-c2cc(C#N)c(OC)nc2-c2ccc(C(F)F)cc2)cc1. The van der Waals surface area contributed by atoms with Gasteiger partial charge in [0, 0.05) is 16.7 Å². The van der Waals surface area contributed by atoms with Crippen molar-refractivity contribution in [3.63, 3.8) is 0 Å². The van der Waals surface area contributed by atoms with Gasteiger partial charge in [-0.25, -0.2) is 22.2 Å². The zero-order valence-electron chi connectivity index (χ0n) is 16.3. The third-order valence-electron chi connectivity index (χ3n) is 4.64. The molecule has 0 radical (unpaired) electrons. The molecule has 0 atom stereocenters. The number of benzene rings is 2. The van der Waals surface area contributed by atoms with Crippen LogP contribution in [0.4, 0.5) is 8.78 Å². The second kappa shape index (κ2) is 8.59. The Morgan fingerprint density at radius 1 is 1.07 bits per heavy atom. The summed E-state index contributed by atoms with van der Waals surface area (Å²) < 4.78 is 55.2. The molecule has 30 heavy (non-hydrogen) atoms. The molecule has 0 bridgehead atoms. The van der Waals surface area contributed by atoms with Crippen LogP contribution in [-0.4, -0.2) is 26.3 Å². The fraction of sp³-hybridized carbons (Fsp3) is 0.182. The molecule has 3 aromatic rings. The van der Waals surface area contributed by atoms with Gasteiger partial charge < -0.3 is 4.74 Å². The molecule has 8 heteroatoms. The molecule has 1 aromatic heterocycles. The highest BCUT2D eigenvalue weighted by Gasteiger charge is 2.18. The number of aromatic nitrogens is 1. The van der Waals surface area contributed by atoms with Gasteiger partial charge in [-0.05, 0) is 23.8 Å². The van der Waals surface area contributed by atoms with E-state index in [-0.39, 0.29) is 27.7 Å². The first kappa shape index (κ1) is 21.4. The lowest BCUT2D eigenvalue weighted by atomic mass is 9.97. The minimum absolute atomic E-state index is 0.0171. The Kier molecular flexibility index (Phi) is 6.13. The maximum Gasteiger partial charge on any atom is 0.263 e. The molecule has 5 nitrogen and oxygen atoms in total.